The zero-order chi connectivity index (χ0) is 15.4. The quantitative estimate of drug-likeness (QED) is 0.814. The van der Waals surface area contributed by atoms with Crippen molar-refractivity contribution in [1.29, 1.82) is 0 Å². The first-order valence-electron chi connectivity index (χ1n) is 7.21. The van der Waals surface area contributed by atoms with Crippen LogP contribution in [0.5, 0.6) is 0 Å². The smallest absolute Gasteiger partial charge is 0.401 e. The van der Waals surface area contributed by atoms with E-state index < -0.39 is 24.1 Å². The van der Waals surface area contributed by atoms with E-state index in [4.69, 9.17) is 0 Å². The van der Waals surface area contributed by atoms with Crippen molar-refractivity contribution in [3.8, 4) is 0 Å². The molecule has 0 radical (unpaired) electrons. The lowest BCUT2D eigenvalue weighted by molar-refractivity contribution is -0.164. The lowest BCUT2D eigenvalue weighted by Gasteiger charge is -2.40. The topological polar surface area (TPSA) is 40.5 Å². The lowest BCUT2D eigenvalue weighted by atomic mass is 9.69. The molecule has 20 heavy (non-hydrogen) atoms. The van der Waals surface area contributed by atoms with E-state index in [0.29, 0.717) is 19.3 Å². The van der Waals surface area contributed by atoms with Crippen LogP contribution in [0.15, 0.2) is 0 Å². The first-order valence-corrected chi connectivity index (χ1v) is 7.21. The average molecular weight is 295 g/mol. The SMILES string of the molecule is CCCN(CC(F)(F)F)CC1(C(=O)O)CCCC(C)C1. The summed E-state index contributed by atoms with van der Waals surface area (Å²) >= 11 is 0. The van der Waals surface area contributed by atoms with Crippen molar-refractivity contribution in [1.82, 2.24) is 4.90 Å². The average Bonchev–Trinajstić information content (AvgIpc) is 2.26. The second-order valence-electron chi connectivity index (χ2n) is 6.11. The Morgan fingerprint density at radius 1 is 1.45 bits per heavy atom. The number of alkyl halides is 3. The molecule has 0 amide bonds. The van der Waals surface area contributed by atoms with Gasteiger partial charge >= 0.3 is 12.1 Å². The highest BCUT2D eigenvalue weighted by molar-refractivity contribution is 5.75. The van der Waals surface area contributed by atoms with Gasteiger partial charge in [-0.2, -0.15) is 13.2 Å². The molecule has 118 valence electrons. The number of aliphatic carboxylic acids is 1. The Kier molecular flexibility index (Phi) is 5.86. The van der Waals surface area contributed by atoms with E-state index >= 15 is 0 Å². The van der Waals surface area contributed by atoms with Crippen LogP contribution in [-0.4, -0.2) is 41.8 Å². The number of hydrogen-bond acceptors (Lipinski definition) is 2. The standard InChI is InChI=1S/C14H24F3NO2/c1-3-7-18(10-14(15,16)17)9-13(12(19)20)6-4-5-11(2)8-13/h11H,3-10H2,1-2H3,(H,19,20). The normalized spacial score (nSPS) is 27.8. The van der Waals surface area contributed by atoms with Gasteiger partial charge in [0.25, 0.3) is 0 Å². The molecule has 0 heterocycles. The molecule has 1 rings (SSSR count). The van der Waals surface area contributed by atoms with Crippen molar-refractivity contribution in [2.24, 2.45) is 11.3 Å². The van der Waals surface area contributed by atoms with Gasteiger partial charge in [-0.05, 0) is 31.7 Å². The molecule has 0 bridgehead atoms. The predicted molar refractivity (Wildman–Crippen MR) is 70.5 cm³/mol. The van der Waals surface area contributed by atoms with Crippen LogP contribution >= 0.6 is 0 Å². The van der Waals surface area contributed by atoms with Crippen molar-refractivity contribution in [2.45, 2.75) is 52.1 Å². The van der Waals surface area contributed by atoms with E-state index in [1.54, 1.807) is 6.92 Å². The largest absolute Gasteiger partial charge is 0.481 e. The van der Waals surface area contributed by atoms with Crippen molar-refractivity contribution in [2.75, 3.05) is 19.6 Å². The summed E-state index contributed by atoms with van der Waals surface area (Å²) < 4.78 is 37.8. The Labute approximate surface area is 118 Å². The third-order valence-corrected chi connectivity index (χ3v) is 4.01. The maximum atomic E-state index is 12.6. The molecule has 1 saturated carbocycles. The van der Waals surface area contributed by atoms with E-state index in [2.05, 4.69) is 0 Å². The van der Waals surface area contributed by atoms with Crippen LogP contribution < -0.4 is 0 Å². The Hall–Kier alpha value is -0.780. The van der Waals surface area contributed by atoms with Crippen LogP contribution in [0.25, 0.3) is 0 Å². The number of rotatable bonds is 6. The third-order valence-electron chi connectivity index (χ3n) is 4.01. The Morgan fingerprint density at radius 3 is 2.55 bits per heavy atom. The first-order chi connectivity index (χ1) is 9.18. The second-order valence-corrected chi connectivity index (χ2v) is 6.11. The van der Waals surface area contributed by atoms with Crippen LogP contribution in [0.1, 0.15) is 46.0 Å². The van der Waals surface area contributed by atoms with Crippen LogP contribution in [-0.2, 0) is 4.79 Å². The van der Waals surface area contributed by atoms with Gasteiger partial charge in [0.05, 0.1) is 12.0 Å². The Morgan fingerprint density at radius 2 is 2.10 bits per heavy atom. The molecule has 1 aliphatic rings. The van der Waals surface area contributed by atoms with Gasteiger partial charge in [-0.15, -0.1) is 0 Å². The molecule has 6 heteroatoms. The number of hydrogen-bond donors (Lipinski definition) is 1. The summed E-state index contributed by atoms with van der Waals surface area (Å²) in [7, 11) is 0. The molecule has 1 N–H and O–H groups in total. The zero-order valence-corrected chi connectivity index (χ0v) is 12.2. The summed E-state index contributed by atoms with van der Waals surface area (Å²) in [4.78, 5) is 12.9. The minimum atomic E-state index is -4.28. The van der Waals surface area contributed by atoms with Crippen LogP contribution in [0, 0.1) is 11.3 Å². The Bertz CT molecular complexity index is 333. The van der Waals surface area contributed by atoms with Crippen molar-refractivity contribution >= 4 is 5.97 Å². The van der Waals surface area contributed by atoms with Gasteiger partial charge in [0.2, 0.25) is 0 Å². The molecule has 1 fully saturated rings. The molecule has 2 unspecified atom stereocenters. The van der Waals surface area contributed by atoms with Gasteiger partial charge in [0.1, 0.15) is 0 Å². The lowest BCUT2D eigenvalue weighted by Crippen LogP contribution is -2.48. The number of carboxylic acid groups (broad SMARTS) is 1. The summed E-state index contributed by atoms with van der Waals surface area (Å²) in [6, 6.07) is 0. The highest BCUT2D eigenvalue weighted by atomic mass is 19.4. The highest BCUT2D eigenvalue weighted by Crippen LogP contribution is 2.40. The van der Waals surface area contributed by atoms with E-state index in [1.165, 1.54) is 4.90 Å². The molecule has 2 atom stereocenters. The molecule has 0 spiro atoms. The fourth-order valence-corrected chi connectivity index (χ4v) is 3.28. The zero-order valence-electron chi connectivity index (χ0n) is 12.2. The molecule has 0 aliphatic heterocycles. The fraction of sp³-hybridized carbons (Fsp3) is 0.929. The molecular formula is C14H24F3NO2. The Balaban J connectivity index is 2.82. The van der Waals surface area contributed by atoms with Gasteiger partial charge in [-0.3, -0.25) is 9.69 Å². The monoisotopic (exact) mass is 295 g/mol. The first kappa shape index (κ1) is 17.3. The second kappa shape index (κ2) is 6.78. The summed E-state index contributed by atoms with van der Waals surface area (Å²) in [6.45, 7) is 3.04. The maximum Gasteiger partial charge on any atom is 0.401 e. The number of nitrogens with zero attached hydrogens (tertiary/aromatic N) is 1. The molecular weight excluding hydrogens is 271 g/mol. The predicted octanol–water partition coefficient (Wildman–Crippen LogP) is 3.54. The number of carboxylic acids is 1. The van der Waals surface area contributed by atoms with Gasteiger partial charge in [0.15, 0.2) is 0 Å². The molecule has 0 aromatic carbocycles. The number of carbonyl (C=O) groups is 1. The van der Waals surface area contributed by atoms with Gasteiger partial charge < -0.3 is 5.11 Å². The molecule has 0 saturated heterocycles. The minimum Gasteiger partial charge on any atom is -0.481 e. The van der Waals surface area contributed by atoms with Crippen LogP contribution in [0.2, 0.25) is 0 Å². The molecule has 0 aromatic rings. The van der Waals surface area contributed by atoms with E-state index in [-0.39, 0.29) is 19.0 Å². The number of halogens is 3. The van der Waals surface area contributed by atoms with Crippen LogP contribution in [0.3, 0.4) is 0 Å². The minimum absolute atomic E-state index is 0.0000231. The van der Waals surface area contributed by atoms with E-state index in [0.717, 1.165) is 12.8 Å². The summed E-state index contributed by atoms with van der Waals surface area (Å²) in [5.74, 6) is -0.693. The van der Waals surface area contributed by atoms with Gasteiger partial charge in [-0.1, -0.05) is 26.7 Å². The molecule has 0 aromatic heterocycles. The molecule has 1 aliphatic carbocycles. The summed E-state index contributed by atoms with van der Waals surface area (Å²) in [5, 5.41) is 9.51. The maximum absolute atomic E-state index is 12.6. The summed E-state index contributed by atoms with van der Waals surface area (Å²) in [6.07, 6.45) is -1.01. The van der Waals surface area contributed by atoms with Gasteiger partial charge in [0, 0.05) is 6.54 Å². The van der Waals surface area contributed by atoms with Crippen molar-refractivity contribution < 1.29 is 23.1 Å². The third kappa shape index (κ3) is 4.96. The molecule has 3 nitrogen and oxygen atoms in total. The fourth-order valence-electron chi connectivity index (χ4n) is 3.28. The van der Waals surface area contributed by atoms with Crippen LogP contribution in [0.4, 0.5) is 13.2 Å². The summed E-state index contributed by atoms with van der Waals surface area (Å²) in [5.41, 5.74) is -1.02. The van der Waals surface area contributed by atoms with Crippen molar-refractivity contribution in [3.05, 3.63) is 0 Å². The van der Waals surface area contributed by atoms with E-state index in [9.17, 15) is 23.1 Å². The van der Waals surface area contributed by atoms with Crippen molar-refractivity contribution in [3.63, 3.8) is 0 Å². The van der Waals surface area contributed by atoms with E-state index in [1.807, 2.05) is 6.92 Å². The van der Waals surface area contributed by atoms with Gasteiger partial charge in [-0.25, -0.2) is 0 Å². The highest BCUT2D eigenvalue weighted by Gasteiger charge is 2.44.